The normalized spacial score (nSPS) is 8.74. The third-order valence-electron chi connectivity index (χ3n) is 3.14. The topological polar surface area (TPSA) is 17.1 Å². The molecule has 0 heterocycles. The molecule has 0 spiro atoms. The number of carbonyl (C=O) groups is 1. The Morgan fingerprint density at radius 2 is 1.39 bits per heavy atom. The Morgan fingerprint density at radius 3 is 1.83 bits per heavy atom. The third-order valence-corrected chi connectivity index (χ3v) is 3.14. The van der Waals surface area contributed by atoms with Gasteiger partial charge < -0.3 is 0 Å². The van der Waals surface area contributed by atoms with Gasteiger partial charge in [0.05, 0.1) is 0 Å². The Bertz CT molecular complexity index is 634. The van der Waals surface area contributed by atoms with E-state index in [4.69, 9.17) is 0 Å². The van der Waals surface area contributed by atoms with E-state index in [0.717, 1.165) is 34.1 Å². The van der Waals surface area contributed by atoms with Crippen LogP contribution in [0.3, 0.4) is 0 Å². The van der Waals surface area contributed by atoms with Crippen LogP contribution in [0.15, 0.2) is 55.6 Å². The van der Waals surface area contributed by atoms with Crippen LogP contribution in [-0.4, -0.2) is 6.29 Å². The van der Waals surface area contributed by atoms with Gasteiger partial charge in [-0.3, -0.25) is 4.79 Å². The molecule has 23 heavy (non-hydrogen) atoms. The molecule has 0 saturated carbocycles. The van der Waals surface area contributed by atoms with Gasteiger partial charge in [-0.15, -0.1) is 0 Å². The number of carbonyl (C=O) groups excluding carboxylic acids is 1. The van der Waals surface area contributed by atoms with Gasteiger partial charge in [-0.05, 0) is 35.2 Å². The van der Waals surface area contributed by atoms with E-state index in [2.05, 4.69) is 37.4 Å². The second-order valence-corrected chi connectivity index (χ2v) is 4.52. The number of hydrogen-bond acceptors (Lipinski definition) is 1. The molecule has 2 aromatic rings. The number of rotatable bonds is 4. The van der Waals surface area contributed by atoms with Gasteiger partial charge in [0.25, 0.3) is 0 Å². The molecule has 1 nitrogen and oxygen atoms in total. The van der Waals surface area contributed by atoms with Crippen molar-refractivity contribution in [3.8, 4) is 11.1 Å². The first-order valence-electron chi connectivity index (χ1n) is 8.13. The van der Waals surface area contributed by atoms with Crippen LogP contribution in [0, 0.1) is 0 Å². The second-order valence-electron chi connectivity index (χ2n) is 4.52. The molecule has 122 valence electrons. The number of hydrogen-bond donors (Lipinski definition) is 0. The minimum absolute atomic E-state index is 0.664. The summed E-state index contributed by atoms with van der Waals surface area (Å²) in [5.74, 6) is 0. The maximum Gasteiger partial charge on any atom is 0.150 e. The van der Waals surface area contributed by atoms with Crippen LogP contribution in [0.4, 0.5) is 0 Å². The molecule has 2 rings (SSSR count). The van der Waals surface area contributed by atoms with Crippen molar-refractivity contribution in [2.45, 2.75) is 34.6 Å². The number of aldehydes is 1. The van der Waals surface area contributed by atoms with E-state index >= 15 is 0 Å². The molecule has 0 amide bonds. The van der Waals surface area contributed by atoms with Crippen molar-refractivity contribution >= 4 is 17.9 Å². The van der Waals surface area contributed by atoms with Crippen LogP contribution in [0.25, 0.3) is 22.8 Å². The molecule has 0 atom stereocenters. The quantitative estimate of drug-likeness (QED) is 0.562. The molecule has 0 N–H and O–H groups in total. The highest BCUT2D eigenvalue weighted by atomic mass is 16.1. The van der Waals surface area contributed by atoms with Gasteiger partial charge in [-0.2, -0.15) is 0 Å². The first-order valence-corrected chi connectivity index (χ1v) is 8.13. The Kier molecular flexibility index (Phi) is 10.0. The SMILES string of the molecule is C=Cc1cc(-c2ccc(C(=C)C)cc2)ccc1C=O.CC.CC. The summed E-state index contributed by atoms with van der Waals surface area (Å²) in [7, 11) is 0. The zero-order valence-electron chi connectivity index (χ0n) is 15.0. The van der Waals surface area contributed by atoms with E-state index in [1.165, 1.54) is 0 Å². The highest BCUT2D eigenvalue weighted by Crippen LogP contribution is 2.24. The summed E-state index contributed by atoms with van der Waals surface area (Å²) in [5, 5.41) is 0. The van der Waals surface area contributed by atoms with E-state index < -0.39 is 0 Å². The summed E-state index contributed by atoms with van der Waals surface area (Å²) in [6.45, 7) is 17.7. The van der Waals surface area contributed by atoms with Crippen LogP contribution < -0.4 is 0 Å². The monoisotopic (exact) mass is 308 g/mol. The maximum atomic E-state index is 10.9. The molecule has 0 radical (unpaired) electrons. The van der Waals surface area contributed by atoms with Crippen LogP contribution in [0.5, 0.6) is 0 Å². The highest BCUT2D eigenvalue weighted by molar-refractivity contribution is 5.84. The summed E-state index contributed by atoms with van der Waals surface area (Å²) < 4.78 is 0. The summed E-state index contributed by atoms with van der Waals surface area (Å²) in [4.78, 5) is 10.9. The fraction of sp³-hybridized carbons (Fsp3) is 0.227. The van der Waals surface area contributed by atoms with E-state index in [9.17, 15) is 4.79 Å². The Hall–Kier alpha value is -2.41. The highest BCUT2D eigenvalue weighted by Gasteiger charge is 2.03. The summed E-state index contributed by atoms with van der Waals surface area (Å²) in [6, 6.07) is 14.0. The largest absolute Gasteiger partial charge is 0.298 e. The van der Waals surface area contributed by atoms with Crippen molar-refractivity contribution in [2.24, 2.45) is 0 Å². The van der Waals surface area contributed by atoms with Gasteiger partial charge in [-0.1, -0.05) is 88.9 Å². The zero-order valence-corrected chi connectivity index (χ0v) is 15.0. The molecular weight excluding hydrogens is 280 g/mol. The smallest absolute Gasteiger partial charge is 0.150 e. The molecule has 0 aliphatic rings. The lowest BCUT2D eigenvalue weighted by Gasteiger charge is -2.07. The van der Waals surface area contributed by atoms with Gasteiger partial charge in [-0.25, -0.2) is 0 Å². The summed E-state index contributed by atoms with van der Waals surface area (Å²) >= 11 is 0. The van der Waals surface area contributed by atoms with E-state index in [1.54, 1.807) is 6.08 Å². The Balaban J connectivity index is 0.00000112. The van der Waals surface area contributed by atoms with Gasteiger partial charge in [0, 0.05) is 5.56 Å². The average Bonchev–Trinajstić information content (AvgIpc) is 2.64. The van der Waals surface area contributed by atoms with Gasteiger partial charge in [0.1, 0.15) is 0 Å². The fourth-order valence-corrected chi connectivity index (χ4v) is 1.99. The van der Waals surface area contributed by atoms with Crippen molar-refractivity contribution in [2.75, 3.05) is 0 Å². The van der Waals surface area contributed by atoms with Crippen LogP contribution >= 0.6 is 0 Å². The molecule has 0 aliphatic carbocycles. The molecule has 0 fully saturated rings. The Labute approximate surface area is 141 Å². The summed E-state index contributed by atoms with van der Waals surface area (Å²) in [5.41, 5.74) is 5.90. The minimum Gasteiger partial charge on any atom is -0.298 e. The second kappa shape index (κ2) is 11.2. The molecule has 0 unspecified atom stereocenters. The lowest BCUT2D eigenvalue weighted by atomic mass is 9.98. The third kappa shape index (κ3) is 5.71. The molecule has 0 bridgehead atoms. The van der Waals surface area contributed by atoms with E-state index in [-0.39, 0.29) is 0 Å². The molecule has 0 saturated heterocycles. The van der Waals surface area contributed by atoms with Gasteiger partial charge >= 0.3 is 0 Å². The molecule has 1 heteroatoms. The predicted molar refractivity (Wildman–Crippen MR) is 105 cm³/mol. The lowest BCUT2D eigenvalue weighted by Crippen LogP contribution is -1.88. The Morgan fingerprint density at radius 1 is 0.870 bits per heavy atom. The molecule has 2 aromatic carbocycles. The number of allylic oxidation sites excluding steroid dienone is 1. The van der Waals surface area contributed by atoms with Gasteiger partial charge in [0.15, 0.2) is 6.29 Å². The standard InChI is InChI=1S/C18H16O.2C2H6/c1-4-14-11-17(9-10-18(14)12-19)16-7-5-15(6-8-16)13(2)3;2*1-2/h4-12H,1-2H2,3H3;2*1-2H3. The first kappa shape index (κ1) is 20.6. The number of benzene rings is 2. The van der Waals surface area contributed by atoms with Crippen molar-refractivity contribution in [3.05, 3.63) is 72.3 Å². The van der Waals surface area contributed by atoms with Crippen molar-refractivity contribution in [1.82, 2.24) is 0 Å². The predicted octanol–water partition coefficient (Wildman–Crippen LogP) is 6.89. The fourth-order valence-electron chi connectivity index (χ4n) is 1.99. The lowest BCUT2D eigenvalue weighted by molar-refractivity contribution is 0.112. The van der Waals surface area contributed by atoms with Crippen LogP contribution in [-0.2, 0) is 0 Å². The summed E-state index contributed by atoms with van der Waals surface area (Å²) in [6.07, 6.45) is 2.56. The van der Waals surface area contributed by atoms with Crippen LogP contribution in [0.2, 0.25) is 0 Å². The molecular formula is C22H28O. The first-order chi connectivity index (χ1) is 11.2. The zero-order chi connectivity index (χ0) is 17.8. The van der Waals surface area contributed by atoms with E-state index in [1.807, 2.05) is 52.8 Å². The minimum atomic E-state index is 0.664. The van der Waals surface area contributed by atoms with Crippen molar-refractivity contribution < 1.29 is 4.79 Å². The molecule has 0 aromatic heterocycles. The maximum absolute atomic E-state index is 10.9. The van der Waals surface area contributed by atoms with Crippen molar-refractivity contribution in [3.63, 3.8) is 0 Å². The van der Waals surface area contributed by atoms with Crippen LogP contribution in [0.1, 0.15) is 56.1 Å². The average molecular weight is 308 g/mol. The molecule has 0 aliphatic heterocycles. The van der Waals surface area contributed by atoms with Crippen molar-refractivity contribution in [1.29, 1.82) is 0 Å². The van der Waals surface area contributed by atoms with E-state index in [0.29, 0.717) is 5.56 Å². The van der Waals surface area contributed by atoms with Gasteiger partial charge in [0.2, 0.25) is 0 Å².